The standard InChI is InChI=1S/C16H19BrN2O2/c1-18-14-3-2-6-19(9-14)16(20)12-7-11-8-13(17)4-5-15(11)21-10-12/h4-5,7-8,14,18H,2-3,6,9-10H2,1H3. The molecule has 2 aliphatic heterocycles. The molecule has 0 radical (unpaired) electrons. The van der Waals surface area contributed by atoms with Crippen molar-refractivity contribution in [2.24, 2.45) is 0 Å². The van der Waals surface area contributed by atoms with Gasteiger partial charge >= 0.3 is 0 Å². The molecule has 0 aromatic heterocycles. The maximum atomic E-state index is 12.6. The SMILES string of the molecule is CNC1CCCN(C(=O)C2=Cc3cc(Br)ccc3OC2)C1. The zero-order valence-corrected chi connectivity index (χ0v) is 13.6. The first-order valence-electron chi connectivity index (χ1n) is 7.27. The van der Waals surface area contributed by atoms with E-state index in [1.807, 2.05) is 36.2 Å². The minimum Gasteiger partial charge on any atom is -0.488 e. The molecule has 2 aliphatic rings. The van der Waals surface area contributed by atoms with Gasteiger partial charge in [-0.15, -0.1) is 0 Å². The fourth-order valence-corrected chi connectivity index (χ4v) is 3.25. The number of nitrogens with one attached hydrogen (secondary N) is 1. The van der Waals surface area contributed by atoms with E-state index in [4.69, 9.17) is 4.74 Å². The monoisotopic (exact) mass is 350 g/mol. The van der Waals surface area contributed by atoms with E-state index in [2.05, 4.69) is 21.2 Å². The summed E-state index contributed by atoms with van der Waals surface area (Å²) in [6.45, 7) is 1.96. The zero-order valence-electron chi connectivity index (χ0n) is 12.1. The molecule has 0 saturated carbocycles. The number of carbonyl (C=O) groups is 1. The van der Waals surface area contributed by atoms with Gasteiger partial charge in [0, 0.05) is 29.2 Å². The summed E-state index contributed by atoms with van der Waals surface area (Å²) in [5.74, 6) is 0.932. The number of fused-ring (bicyclic) bond motifs is 1. The molecule has 1 unspecified atom stereocenters. The topological polar surface area (TPSA) is 41.6 Å². The van der Waals surface area contributed by atoms with Crippen LogP contribution in [-0.4, -0.2) is 43.6 Å². The predicted molar refractivity (Wildman–Crippen MR) is 86.3 cm³/mol. The molecular weight excluding hydrogens is 332 g/mol. The number of rotatable bonds is 2. The van der Waals surface area contributed by atoms with E-state index in [0.717, 1.165) is 47.3 Å². The first-order valence-corrected chi connectivity index (χ1v) is 8.06. The van der Waals surface area contributed by atoms with Gasteiger partial charge in [0.15, 0.2) is 0 Å². The highest BCUT2D eigenvalue weighted by Gasteiger charge is 2.26. The van der Waals surface area contributed by atoms with Crippen molar-refractivity contribution < 1.29 is 9.53 Å². The summed E-state index contributed by atoms with van der Waals surface area (Å²) < 4.78 is 6.69. The van der Waals surface area contributed by atoms with Crippen molar-refractivity contribution in [1.82, 2.24) is 10.2 Å². The van der Waals surface area contributed by atoms with Crippen LogP contribution < -0.4 is 10.1 Å². The molecule has 2 heterocycles. The van der Waals surface area contributed by atoms with Gasteiger partial charge in [-0.3, -0.25) is 4.79 Å². The summed E-state index contributed by atoms with van der Waals surface area (Å²) in [5.41, 5.74) is 1.69. The van der Waals surface area contributed by atoms with Crippen LogP contribution in [0.25, 0.3) is 6.08 Å². The average molecular weight is 351 g/mol. The van der Waals surface area contributed by atoms with Gasteiger partial charge in [-0.2, -0.15) is 0 Å². The van der Waals surface area contributed by atoms with Crippen LogP contribution in [0.15, 0.2) is 28.2 Å². The second kappa shape index (κ2) is 6.20. The number of likely N-dealkylation sites (tertiary alicyclic amines) is 1. The predicted octanol–water partition coefficient (Wildman–Crippen LogP) is 2.44. The van der Waals surface area contributed by atoms with Crippen molar-refractivity contribution in [1.29, 1.82) is 0 Å². The molecule has 1 aromatic rings. The fraction of sp³-hybridized carbons (Fsp3) is 0.438. The third-order valence-corrected chi connectivity index (χ3v) is 4.57. The summed E-state index contributed by atoms with van der Waals surface area (Å²) in [6, 6.07) is 6.25. The number of ether oxygens (including phenoxy) is 1. The Morgan fingerprint density at radius 1 is 1.48 bits per heavy atom. The Morgan fingerprint density at radius 2 is 2.33 bits per heavy atom. The lowest BCUT2D eigenvalue weighted by molar-refractivity contribution is -0.128. The lowest BCUT2D eigenvalue weighted by atomic mass is 10.0. The van der Waals surface area contributed by atoms with Gasteiger partial charge in [0.25, 0.3) is 5.91 Å². The van der Waals surface area contributed by atoms with Crippen LogP contribution in [0.5, 0.6) is 5.75 Å². The third-order valence-electron chi connectivity index (χ3n) is 4.08. The number of nitrogens with zero attached hydrogens (tertiary/aromatic N) is 1. The smallest absolute Gasteiger partial charge is 0.253 e. The number of amides is 1. The Kier molecular flexibility index (Phi) is 4.31. The molecule has 1 amide bonds. The molecule has 1 fully saturated rings. The molecule has 1 aromatic carbocycles. The molecule has 0 bridgehead atoms. The molecule has 0 spiro atoms. The van der Waals surface area contributed by atoms with Crippen LogP contribution in [0, 0.1) is 0 Å². The van der Waals surface area contributed by atoms with Crippen LogP contribution in [0.1, 0.15) is 18.4 Å². The van der Waals surface area contributed by atoms with Crippen molar-refractivity contribution in [3.63, 3.8) is 0 Å². The van der Waals surface area contributed by atoms with Crippen molar-refractivity contribution in [3.8, 4) is 5.75 Å². The van der Waals surface area contributed by atoms with Crippen molar-refractivity contribution in [3.05, 3.63) is 33.8 Å². The maximum Gasteiger partial charge on any atom is 0.253 e. The average Bonchev–Trinajstić information content (AvgIpc) is 2.53. The second-order valence-electron chi connectivity index (χ2n) is 5.52. The summed E-state index contributed by atoms with van der Waals surface area (Å²) in [4.78, 5) is 14.6. The van der Waals surface area contributed by atoms with E-state index in [1.165, 1.54) is 0 Å². The van der Waals surface area contributed by atoms with Crippen molar-refractivity contribution >= 4 is 27.9 Å². The Bertz CT molecular complexity index is 586. The van der Waals surface area contributed by atoms with Gasteiger partial charge in [-0.1, -0.05) is 15.9 Å². The van der Waals surface area contributed by atoms with Gasteiger partial charge in [0.05, 0.1) is 5.57 Å². The summed E-state index contributed by atoms with van der Waals surface area (Å²) in [7, 11) is 1.95. The molecule has 1 saturated heterocycles. The van der Waals surface area contributed by atoms with Gasteiger partial charge in [0.2, 0.25) is 0 Å². The lowest BCUT2D eigenvalue weighted by Crippen LogP contribution is -2.47. The maximum absolute atomic E-state index is 12.6. The first kappa shape index (κ1) is 14.6. The Labute approximate surface area is 133 Å². The van der Waals surface area contributed by atoms with E-state index >= 15 is 0 Å². The number of piperidine rings is 1. The molecule has 1 atom stereocenters. The van der Waals surface area contributed by atoms with Gasteiger partial charge in [0.1, 0.15) is 12.4 Å². The Hall–Kier alpha value is -1.33. The molecule has 112 valence electrons. The molecule has 4 nitrogen and oxygen atoms in total. The van der Waals surface area contributed by atoms with Crippen LogP contribution in [0.4, 0.5) is 0 Å². The quantitative estimate of drug-likeness (QED) is 0.890. The van der Waals surface area contributed by atoms with Crippen LogP contribution >= 0.6 is 15.9 Å². The molecular formula is C16H19BrN2O2. The minimum absolute atomic E-state index is 0.0978. The first-order chi connectivity index (χ1) is 10.2. The highest BCUT2D eigenvalue weighted by molar-refractivity contribution is 9.10. The zero-order chi connectivity index (χ0) is 14.8. The number of halogens is 1. The Balaban J connectivity index is 1.79. The molecule has 5 heteroatoms. The summed E-state index contributed by atoms with van der Waals surface area (Å²) in [6.07, 6.45) is 4.13. The van der Waals surface area contributed by atoms with Crippen molar-refractivity contribution in [2.45, 2.75) is 18.9 Å². The molecule has 21 heavy (non-hydrogen) atoms. The van der Waals surface area contributed by atoms with E-state index in [-0.39, 0.29) is 5.91 Å². The number of hydrogen-bond acceptors (Lipinski definition) is 3. The molecule has 1 N–H and O–H groups in total. The van der Waals surface area contributed by atoms with Gasteiger partial charge < -0.3 is 15.0 Å². The number of likely N-dealkylation sites (N-methyl/N-ethyl adjacent to an activating group) is 1. The number of benzene rings is 1. The number of hydrogen-bond donors (Lipinski definition) is 1. The van der Waals surface area contributed by atoms with Gasteiger partial charge in [-0.05, 0) is 44.2 Å². The van der Waals surface area contributed by atoms with Crippen LogP contribution in [0.3, 0.4) is 0 Å². The molecule has 0 aliphatic carbocycles. The van der Waals surface area contributed by atoms with E-state index in [1.54, 1.807) is 0 Å². The largest absolute Gasteiger partial charge is 0.488 e. The second-order valence-corrected chi connectivity index (χ2v) is 6.44. The highest BCUT2D eigenvalue weighted by Crippen LogP contribution is 2.30. The normalized spacial score (nSPS) is 21.3. The lowest BCUT2D eigenvalue weighted by Gasteiger charge is -2.33. The third kappa shape index (κ3) is 3.14. The van der Waals surface area contributed by atoms with E-state index in [0.29, 0.717) is 12.6 Å². The van der Waals surface area contributed by atoms with Crippen molar-refractivity contribution in [2.75, 3.05) is 26.7 Å². The minimum atomic E-state index is 0.0978. The van der Waals surface area contributed by atoms with E-state index < -0.39 is 0 Å². The summed E-state index contributed by atoms with van der Waals surface area (Å²) >= 11 is 3.45. The highest BCUT2D eigenvalue weighted by atomic mass is 79.9. The summed E-state index contributed by atoms with van der Waals surface area (Å²) in [5, 5.41) is 3.26. The van der Waals surface area contributed by atoms with Crippen LogP contribution in [-0.2, 0) is 4.79 Å². The Morgan fingerprint density at radius 3 is 3.14 bits per heavy atom. The number of carbonyl (C=O) groups excluding carboxylic acids is 1. The van der Waals surface area contributed by atoms with Crippen LogP contribution in [0.2, 0.25) is 0 Å². The molecule has 3 rings (SSSR count). The fourth-order valence-electron chi connectivity index (χ4n) is 2.87. The van der Waals surface area contributed by atoms with E-state index in [9.17, 15) is 4.79 Å². The van der Waals surface area contributed by atoms with Gasteiger partial charge in [-0.25, -0.2) is 0 Å².